The molecule has 1 N–H and O–H groups in total. The predicted molar refractivity (Wildman–Crippen MR) is 100 cm³/mol. The number of ketones is 1. The number of nitrogens with zero attached hydrogens (tertiary/aromatic N) is 1. The van der Waals surface area contributed by atoms with Gasteiger partial charge in [0.05, 0.1) is 16.0 Å². The van der Waals surface area contributed by atoms with Crippen LogP contribution in [0.2, 0.25) is 5.02 Å². The topological polar surface area (TPSA) is 59.1 Å². The van der Waals surface area contributed by atoms with E-state index in [2.05, 4.69) is 10.3 Å². The average Bonchev–Trinajstić information content (AvgIpc) is 2.94. The number of hydrogen-bond acceptors (Lipinski definition) is 5. The van der Waals surface area contributed by atoms with Crippen molar-refractivity contribution in [2.45, 2.75) is 11.3 Å². The summed E-state index contributed by atoms with van der Waals surface area (Å²) in [4.78, 5) is 27.7. The van der Waals surface area contributed by atoms with Crippen molar-refractivity contribution in [3.8, 4) is 0 Å². The summed E-state index contributed by atoms with van der Waals surface area (Å²) in [6, 6.07) is 12.5. The van der Waals surface area contributed by atoms with Crippen LogP contribution >= 0.6 is 34.7 Å². The molecule has 0 saturated carbocycles. The predicted octanol–water partition coefficient (Wildman–Crippen LogP) is 4.88. The number of Topliss-reactive ketones (excluding diaryl/α,β-unsaturated/α-hetero) is 1. The van der Waals surface area contributed by atoms with Crippen LogP contribution in [0.4, 0.5) is 5.69 Å². The van der Waals surface area contributed by atoms with Crippen LogP contribution in [0.15, 0.2) is 46.8 Å². The SMILES string of the molecule is CC(=O)Nc1ccc(C(=O)CSc2nc3cc(Cl)ccc3s2)cc1. The molecule has 4 nitrogen and oxygen atoms in total. The third-order valence-electron chi connectivity index (χ3n) is 3.18. The molecule has 0 atom stereocenters. The van der Waals surface area contributed by atoms with Crippen molar-refractivity contribution < 1.29 is 9.59 Å². The highest BCUT2D eigenvalue weighted by atomic mass is 35.5. The van der Waals surface area contributed by atoms with E-state index in [1.54, 1.807) is 35.6 Å². The number of thioether (sulfide) groups is 1. The van der Waals surface area contributed by atoms with E-state index in [9.17, 15) is 9.59 Å². The molecule has 1 aromatic heterocycles. The molecule has 0 aliphatic heterocycles. The van der Waals surface area contributed by atoms with Crippen LogP contribution in [0.3, 0.4) is 0 Å². The molecule has 122 valence electrons. The molecule has 0 unspecified atom stereocenters. The van der Waals surface area contributed by atoms with Gasteiger partial charge in [-0.1, -0.05) is 23.4 Å². The molecule has 1 amide bonds. The first kappa shape index (κ1) is 17.0. The molecule has 0 bridgehead atoms. The number of amides is 1. The maximum atomic E-state index is 12.3. The third kappa shape index (κ3) is 4.14. The zero-order valence-electron chi connectivity index (χ0n) is 12.7. The highest BCUT2D eigenvalue weighted by Gasteiger charge is 2.10. The maximum Gasteiger partial charge on any atom is 0.221 e. The first-order valence-corrected chi connectivity index (χ1v) is 9.29. The van der Waals surface area contributed by atoms with E-state index in [4.69, 9.17) is 11.6 Å². The van der Waals surface area contributed by atoms with Gasteiger partial charge in [-0.05, 0) is 42.5 Å². The molecule has 24 heavy (non-hydrogen) atoms. The molecule has 2 aromatic carbocycles. The Labute approximate surface area is 152 Å². The minimum atomic E-state index is -0.138. The normalized spacial score (nSPS) is 10.8. The Hall–Kier alpha value is -1.89. The Morgan fingerprint density at radius 3 is 2.67 bits per heavy atom. The zero-order chi connectivity index (χ0) is 17.1. The van der Waals surface area contributed by atoms with Crippen LogP contribution in [-0.2, 0) is 4.79 Å². The van der Waals surface area contributed by atoms with Crippen LogP contribution in [0.25, 0.3) is 10.2 Å². The molecule has 0 spiro atoms. The number of hydrogen-bond donors (Lipinski definition) is 1. The summed E-state index contributed by atoms with van der Waals surface area (Å²) < 4.78 is 1.89. The summed E-state index contributed by atoms with van der Waals surface area (Å²) in [5, 5.41) is 3.33. The van der Waals surface area contributed by atoms with Gasteiger partial charge in [0.2, 0.25) is 5.91 Å². The maximum absolute atomic E-state index is 12.3. The van der Waals surface area contributed by atoms with Gasteiger partial charge in [0, 0.05) is 23.2 Å². The van der Waals surface area contributed by atoms with Gasteiger partial charge in [-0.25, -0.2) is 4.98 Å². The summed E-state index contributed by atoms with van der Waals surface area (Å²) in [6.45, 7) is 1.45. The average molecular weight is 377 g/mol. The first-order chi connectivity index (χ1) is 11.5. The van der Waals surface area contributed by atoms with Crippen molar-refractivity contribution in [2.75, 3.05) is 11.1 Å². The molecule has 3 rings (SSSR count). The van der Waals surface area contributed by atoms with Crippen LogP contribution in [-0.4, -0.2) is 22.4 Å². The number of carbonyl (C=O) groups is 2. The molecule has 7 heteroatoms. The molecular formula is C17H13ClN2O2S2. The molecule has 3 aromatic rings. The number of halogens is 1. The lowest BCUT2D eigenvalue weighted by atomic mass is 10.1. The number of thiazole rings is 1. The van der Waals surface area contributed by atoms with Gasteiger partial charge in [-0.15, -0.1) is 11.3 Å². The Kier molecular flexibility index (Phi) is 5.18. The summed E-state index contributed by atoms with van der Waals surface area (Å²) >= 11 is 8.92. The van der Waals surface area contributed by atoms with Crippen molar-refractivity contribution in [1.82, 2.24) is 4.98 Å². The fourth-order valence-corrected chi connectivity index (χ4v) is 4.20. The second-order valence-electron chi connectivity index (χ2n) is 5.06. The molecule has 0 aliphatic carbocycles. The van der Waals surface area contributed by atoms with Gasteiger partial charge < -0.3 is 5.32 Å². The quantitative estimate of drug-likeness (QED) is 0.509. The molecular weight excluding hydrogens is 364 g/mol. The summed E-state index contributed by atoms with van der Waals surface area (Å²) in [5.74, 6) is 0.194. The summed E-state index contributed by atoms with van der Waals surface area (Å²) in [5.41, 5.74) is 2.14. The molecule has 0 fully saturated rings. The van der Waals surface area contributed by atoms with Gasteiger partial charge >= 0.3 is 0 Å². The highest BCUT2D eigenvalue weighted by molar-refractivity contribution is 8.01. The molecule has 0 aliphatic rings. The Morgan fingerprint density at radius 1 is 1.21 bits per heavy atom. The van der Waals surface area contributed by atoms with E-state index in [0.29, 0.717) is 22.0 Å². The molecule has 1 heterocycles. The minimum Gasteiger partial charge on any atom is -0.326 e. The Bertz CT molecular complexity index is 907. The molecule has 0 saturated heterocycles. The van der Waals surface area contributed by atoms with Gasteiger partial charge in [0.15, 0.2) is 10.1 Å². The van der Waals surface area contributed by atoms with E-state index in [1.807, 2.05) is 18.2 Å². The number of rotatable bonds is 5. The van der Waals surface area contributed by atoms with Crippen molar-refractivity contribution in [2.24, 2.45) is 0 Å². The molecule has 0 radical (unpaired) electrons. The van der Waals surface area contributed by atoms with Crippen molar-refractivity contribution in [3.05, 3.63) is 53.1 Å². The van der Waals surface area contributed by atoms with Crippen molar-refractivity contribution in [1.29, 1.82) is 0 Å². The van der Waals surface area contributed by atoms with Gasteiger partial charge in [0.1, 0.15) is 0 Å². The fourth-order valence-electron chi connectivity index (χ4n) is 2.09. The van der Waals surface area contributed by atoms with E-state index >= 15 is 0 Å². The van der Waals surface area contributed by atoms with E-state index in [1.165, 1.54) is 18.7 Å². The standard InChI is InChI=1S/C17H13ClN2O2S2/c1-10(21)19-13-5-2-11(3-6-13)15(22)9-23-17-20-14-8-12(18)4-7-16(14)24-17/h2-8H,9H2,1H3,(H,19,21). The Balaban J connectivity index is 1.64. The number of fused-ring (bicyclic) bond motifs is 1. The first-order valence-electron chi connectivity index (χ1n) is 7.11. The third-order valence-corrected chi connectivity index (χ3v) is 5.60. The zero-order valence-corrected chi connectivity index (χ0v) is 15.1. The van der Waals surface area contributed by atoms with Gasteiger partial charge in [-0.2, -0.15) is 0 Å². The Morgan fingerprint density at radius 2 is 1.96 bits per heavy atom. The van der Waals surface area contributed by atoms with E-state index < -0.39 is 0 Å². The minimum absolute atomic E-state index is 0.0201. The second kappa shape index (κ2) is 7.34. The summed E-state index contributed by atoms with van der Waals surface area (Å²) in [7, 11) is 0. The smallest absolute Gasteiger partial charge is 0.221 e. The van der Waals surface area contributed by atoms with Gasteiger partial charge in [0.25, 0.3) is 0 Å². The monoisotopic (exact) mass is 376 g/mol. The van der Waals surface area contributed by atoms with E-state index in [0.717, 1.165) is 14.6 Å². The second-order valence-corrected chi connectivity index (χ2v) is 7.75. The lowest BCUT2D eigenvalue weighted by Crippen LogP contribution is -2.06. The van der Waals surface area contributed by atoms with Crippen LogP contribution in [0, 0.1) is 0 Å². The highest BCUT2D eigenvalue weighted by Crippen LogP contribution is 2.31. The largest absolute Gasteiger partial charge is 0.326 e. The van der Waals surface area contributed by atoms with Crippen LogP contribution < -0.4 is 5.32 Å². The number of anilines is 1. The summed E-state index contributed by atoms with van der Waals surface area (Å²) in [6.07, 6.45) is 0. The van der Waals surface area contributed by atoms with Crippen LogP contribution in [0.1, 0.15) is 17.3 Å². The van der Waals surface area contributed by atoms with Crippen molar-refractivity contribution >= 4 is 62.3 Å². The van der Waals surface area contributed by atoms with Crippen molar-refractivity contribution in [3.63, 3.8) is 0 Å². The lowest BCUT2D eigenvalue weighted by molar-refractivity contribution is -0.114. The number of benzene rings is 2. The van der Waals surface area contributed by atoms with Gasteiger partial charge in [-0.3, -0.25) is 9.59 Å². The fraction of sp³-hybridized carbons (Fsp3) is 0.118. The van der Waals surface area contributed by atoms with E-state index in [-0.39, 0.29) is 11.7 Å². The van der Waals surface area contributed by atoms with Crippen LogP contribution in [0.5, 0.6) is 0 Å². The number of aromatic nitrogens is 1. The lowest BCUT2D eigenvalue weighted by Gasteiger charge is -2.03. The number of carbonyl (C=O) groups excluding carboxylic acids is 2. The number of nitrogens with one attached hydrogen (secondary N) is 1.